The Morgan fingerprint density at radius 2 is 1.71 bits per heavy atom. The Hall–Kier alpha value is -2.83. The van der Waals surface area contributed by atoms with Crippen LogP contribution in [0.25, 0.3) is 11.1 Å². The Kier molecular flexibility index (Phi) is 4.92. The number of ether oxygens (including phenoxy) is 1. The summed E-state index contributed by atoms with van der Waals surface area (Å²) in [7, 11) is 0. The SMILES string of the molecule is CCOC(=O)c1cccc(C(=O)O)c1-c1cccc(C(F)(F)F)c1. The Bertz CT molecular complexity index is 782. The highest BCUT2D eigenvalue weighted by molar-refractivity contribution is 6.05. The van der Waals surface area contributed by atoms with E-state index < -0.39 is 23.7 Å². The minimum absolute atomic E-state index is 0.0223. The lowest BCUT2D eigenvalue weighted by Crippen LogP contribution is -2.11. The van der Waals surface area contributed by atoms with Crippen LogP contribution < -0.4 is 0 Å². The minimum Gasteiger partial charge on any atom is -0.478 e. The number of carboxylic acids is 1. The summed E-state index contributed by atoms with van der Waals surface area (Å²) in [5, 5.41) is 9.32. The first-order valence-corrected chi connectivity index (χ1v) is 6.96. The monoisotopic (exact) mass is 338 g/mol. The van der Waals surface area contributed by atoms with Gasteiger partial charge >= 0.3 is 18.1 Å². The number of aromatic carboxylic acids is 1. The predicted octanol–water partition coefficient (Wildman–Crippen LogP) is 4.25. The van der Waals surface area contributed by atoms with Crippen molar-refractivity contribution in [1.82, 2.24) is 0 Å². The van der Waals surface area contributed by atoms with Crippen LogP contribution in [0.4, 0.5) is 13.2 Å². The number of hydrogen-bond acceptors (Lipinski definition) is 3. The third-order valence-corrected chi connectivity index (χ3v) is 3.27. The van der Waals surface area contributed by atoms with Crippen LogP contribution in [0.1, 0.15) is 33.2 Å². The van der Waals surface area contributed by atoms with Gasteiger partial charge in [0.15, 0.2) is 0 Å². The zero-order valence-corrected chi connectivity index (χ0v) is 12.6. The number of halogens is 3. The van der Waals surface area contributed by atoms with Crippen LogP contribution in [-0.2, 0) is 10.9 Å². The third-order valence-electron chi connectivity index (χ3n) is 3.27. The molecule has 2 rings (SSSR count). The number of carbonyl (C=O) groups is 2. The van der Waals surface area contributed by atoms with Crippen molar-refractivity contribution in [3.63, 3.8) is 0 Å². The van der Waals surface area contributed by atoms with Crippen molar-refractivity contribution in [2.75, 3.05) is 6.61 Å². The molecule has 0 aliphatic rings. The van der Waals surface area contributed by atoms with Crippen LogP contribution in [0.3, 0.4) is 0 Å². The molecular formula is C17H13F3O4. The molecular weight excluding hydrogens is 325 g/mol. The summed E-state index contributed by atoms with van der Waals surface area (Å²) in [6, 6.07) is 8.04. The molecule has 0 aromatic heterocycles. The predicted molar refractivity (Wildman–Crippen MR) is 79.8 cm³/mol. The molecule has 7 heteroatoms. The number of alkyl halides is 3. The molecule has 0 amide bonds. The van der Waals surface area contributed by atoms with E-state index in [0.717, 1.165) is 18.2 Å². The number of carbonyl (C=O) groups excluding carboxylic acids is 1. The molecule has 0 saturated carbocycles. The van der Waals surface area contributed by atoms with E-state index in [0.29, 0.717) is 0 Å². The maximum absolute atomic E-state index is 12.9. The van der Waals surface area contributed by atoms with Gasteiger partial charge in [0.05, 0.1) is 23.3 Å². The molecule has 0 unspecified atom stereocenters. The fourth-order valence-electron chi connectivity index (χ4n) is 2.27. The van der Waals surface area contributed by atoms with Gasteiger partial charge in [-0.15, -0.1) is 0 Å². The molecule has 0 heterocycles. The fraction of sp³-hybridized carbons (Fsp3) is 0.176. The topological polar surface area (TPSA) is 63.6 Å². The maximum Gasteiger partial charge on any atom is 0.416 e. The summed E-state index contributed by atoms with van der Waals surface area (Å²) >= 11 is 0. The Morgan fingerprint density at radius 1 is 1.08 bits per heavy atom. The Labute approximate surface area is 135 Å². The first kappa shape index (κ1) is 17.5. The first-order chi connectivity index (χ1) is 11.3. The summed E-state index contributed by atoms with van der Waals surface area (Å²) < 4.78 is 43.6. The zero-order chi connectivity index (χ0) is 17.9. The molecule has 2 aromatic carbocycles. The van der Waals surface area contributed by atoms with Crippen LogP contribution in [0.2, 0.25) is 0 Å². The van der Waals surface area contributed by atoms with Gasteiger partial charge in [0.25, 0.3) is 0 Å². The number of carboxylic acid groups (broad SMARTS) is 1. The highest BCUT2D eigenvalue weighted by atomic mass is 19.4. The summed E-state index contributed by atoms with van der Waals surface area (Å²) in [5.41, 5.74) is -1.44. The third kappa shape index (κ3) is 3.56. The standard InChI is InChI=1S/C17H13F3O4/c1-2-24-16(23)13-8-4-7-12(15(21)22)14(13)10-5-3-6-11(9-10)17(18,19)20/h3-9H,2H2,1H3,(H,21,22). The zero-order valence-electron chi connectivity index (χ0n) is 12.6. The van der Waals surface area contributed by atoms with Crippen LogP contribution in [0.15, 0.2) is 42.5 Å². The van der Waals surface area contributed by atoms with Gasteiger partial charge in [0.2, 0.25) is 0 Å². The highest BCUT2D eigenvalue weighted by Gasteiger charge is 2.31. The molecule has 2 aromatic rings. The van der Waals surface area contributed by atoms with Gasteiger partial charge in [-0.2, -0.15) is 13.2 Å². The van der Waals surface area contributed by atoms with Crippen molar-refractivity contribution in [2.45, 2.75) is 13.1 Å². The smallest absolute Gasteiger partial charge is 0.416 e. The second kappa shape index (κ2) is 6.74. The first-order valence-electron chi connectivity index (χ1n) is 6.96. The van der Waals surface area contributed by atoms with Gasteiger partial charge < -0.3 is 9.84 Å². The van der Waals surface area contributed by atoms with E-state index in [-0.39, 0.29) is 28.9 Å². The van der Waals surface area contributed by atoms with Gasteiger partial charge in [-0.1, -0.05) is 18.2 Å². The number of hydrogen-bond donors (Lipinski definition) is 1. The molecule has 0 fully saturated rings. The van der Waals surface area contributed by atoms with Gasteiger partial charge in [0, 0.05) is 5.56 Å². The average Bonchev–Trinajstić information content (AvgIpc) is 2.53. The highest BCUT2D eigenvalue weighted by Crippen LogP contribution is 2.34. The Morgan fingerprint density at radius 3 is 2.29 bits per heavy atom. The van der Waals surface area contributed by atoms with E-state index in [1.54, 1.807) is 6.92 Å². The fourth-order valence-corrected chi connectivity index (χ4v) is 2.27. The Balaban J connectivity index is 2.72. The molecule has 4 nitrogen and oxygen atoms in total. The maximum atomic E-state index is 12.9. The van der Waals surface area contributed by atoms with E-state index >= 15 is 0 Å². The van der Waals surface area contributed by atoms with Crippen molar-refractivity contribution >= 4 is 11.9 Å². The van der Waals surface area contributed by atoms with Crippen LogP contribution in [0, 0.1) is 0 Å². The second-order valence-corrected chi connectivity index (χ2v) is 4.83. The molecule has 0 aliphatic heterocycles. The molecule has 126 valence electrons. The minimum atomic E-state index is -4.59. The molecule has 0 atom stereocenters. The van der Waals surface area contributed by atoms with Crippen molar-refractivity contribution in [3.05, 3.63) is 59.2 Å². The van der Waals surface area contributed by atoms with E-state index in [4.69, 9.17) is 4.74 Å². The molecule has 0 saturated heterocycles. The van der Waals surface area contributed by atoms with E-state index in [2.05, 4.69) is 0 Å². The van der Waals surface area contributed by atoms with Gasteiger partial charge in [0.1, 0.15) is 0 Å². The van der Waals surface area contributed by atoms with Crippen LogP contribution in [-0.4, -0.2) is 23.7 Å². The van der Waals surface area contributed by atoms with Gasteiger partial charge in [-0.25, -0.2) is 9.59 Å². The lowest BCUT2D eigenvalue weighted by Gasteiger charge is -2.14. The number of benzene rings is 2. The van der Waals surface area contributed by atoms with Gasteiger partial charge in [-0.05, 0) is 36.8 Å². The quantitative estimate of drug-likeness (QED) is 0.847. The average molecular weight is 338 g/mol. The van der Waals surface area contributed by atoms with E-state index in [1.165, 1.54) is 24.3 Å². The molecule has 0 bridgehead atoms. The van der Waals surface area contributed by atoms with Crippen molar-refractivity contribution in [1.29, 1.82) is 0 Å². The summed E-state index contributed by atoms with van der Waals surface area (Å²) in [5.74, 6) is -2.15. The van der Waals surface area contributed by atoms with Crippen molar-refractivity contribution in [2.24, 2.45) is 0 Å². The van der Waals surface area contributed by atoms with Gasteiger partial charge in [-0.3, -0.25) is 0 Å². The van der Waals surface area contributed by atoms with Crippen molar-refractivity contribution < 1.29 is 32.6 Å². The second-order valence-electron chi connectivity index (χ2n) is 4.83. The summed E-state index contributed by atoms with van der Waals surface area (Å²) in [4.78, 5) is 23.5. The van der Waals surface area contributed by atoms with Crippen LogP contribution in [0.5, 0.6) is 0 Å². The van der Waals surface area contributed by atoms with Crippen molar-refractivity contribution in [3.8, 4) is 11.1 Å². The van der Waals surface area contributed by atoms with Crippen LogP contribution >= 0.6 is 0 Å². The summed E-state index contributed by atoms with van der Waals surface area (Å²) in [6.07, 6.45) is -4.59. The molecule has 0 spiro atoms. The lowest BCUT2D eigenvalue weighted by molar-refractivity contribution is -0.137. The normalized spacial score (nSPS) is 11.2. The largest absolute Gasteiger partial charge is 0.478 e. The molecule has 1 N–H and O–H groups in total. The van der Waals surface area contributed by atoms with E-state index in [1.807, 2.05) is 0 Å². The summed E-state index contributed by atoms with van der Waals surface area (Å²) in [6.45, 7) is 1.63. The molecule has 0 radical (unpaired) electrons. The lowest BCUT2D eigenvalue weighted by atomic mass is 9.93. The number of esters is 1. The number of rotatable bonds is 4. The molecule has 0 aliphatic carbocycles. The van der Waals surface area contributed by atoms with E-state index in [9.17, 15) is 27.9 Å². The molecule has 24 heavy (non-hydrogen) atoms.